The van der Waals surface area contributed by atoms with Gasteiger partial charge >= 0.3 is 10.4 Å². The molecule has 1 rings (SSSR count). The molecule has 0 aliphatic rings. The van der Waals surface area contributed by atoms with Gasteiger partial charge in [0.25, 0.3) is 5.69 Å². The Morgan fingerprint density at radius 2 is 1.33 bits per heavy atom. The Morgan fingerprint density at radius 3 is 1.60 bits per heavy atom. The summed E-state index contributed by atoms with van der Waals surface area (Å²) < 4.78 is 31.6. The number of hydrogen-bond donors (Lipinski definition) is 1. The lowest BCUT2D eigenvalue weighted by Gasteiger charge is -2.30. The fourth-order valence-corrected chi connectivity index (χ4v) is 2.63. The molecule has 30 heavy (non-hydrogen) atoms. The monoisotopic (exact) mass is 450 g/mol. The minimum Gasteiger partial charge on any atom is -0.371 e. The molecule has 0 aliphatic heterocycles. The molecule has 0 amide bonds. The highest BCUT2D eigenvalue weighted by Gasteiger charge is 2.14. The number of anilines is 1. The van der Waals surface area contributed by atoms with Crippen LogP contribution in [0.2, 0.25) is 0 Å². The second-order valence-electron chi connectivity index (χ2n) is 9.09. The third-order valence-corrected chi connectivity index (χ3v) is 4.57. The van der Waals surface area contributed by atoms with Gasteiger partial charge in [-0.2, -0.15) is 8.42 Å². The van der Waals surface area contributed by atoms with Gasteiger partial charge in [-0.25, -0.2) is 0 Å². The number of quaternary nitrogens is 2. The second-order valence-corrected chi connectivity index (χ2v) is 10.3. The average Bonchev–Trinajstić information content (AvgIpc) is 2.58. The molecule has 0 fully saturated rings. The van der Waals surface area contributed by atoms with Gasteiger partial charge < -0.3 is 13.9 Å². The van der Waals surface area contributed by atoms with E-state index in [1.807, 2.05) is 12.1 Å². The Kier molecular flexibility index (Phi) is 11.4. The van der Waals surface area contributed by atoms with E-state index in [1.54, 1.807) is 12.1 Å². The number of rotatable bonds is 11. The van der Waals surface area contributed by atoms with Gasteiger partial charge in [-0.3, -0.25) is 18.9 Å². The summed E-state index contributed by atoms with van der Waals surface area (Å²) >= 11 is 0. The van der Waals surface area contributed by atoms with E-state index in [2.05, 4.69) is 51.4 Å². The van der Waals surface area contributed by atoms with Crippen molar-refractivity contribution in [1.82, 2.24) is 0 Å². The van der Waals surface area contributed by atoms with E-state index < -0.39 is 10.4 Å². The first-order chi connectivity index (χ1) is 13.5. The highest BCUT2D eigenvalue weighted by molar-refractivity contribution is 7.80. The third-order valence-electron chi connectivity index (χ3n) is 4.15. The standard InChI is InChI=1S/C18H34N4O2.CH4O4S/c1-21(2,3)15-7-13-19(14-8-16-22(4,5)6)17-9-11-18(12-10-17)20(23)24;1-5-6(2,3)4/h9-12H,7-8,13-16H2,1-6H3;1H3,(H,2,3,4)/q+2;. The summed E-state index contributed by atoms with van der Waals surface area (Å²) in [6.07, 6.45) is 2.20. The maximum Gasteiger partial charge on any atom is 0.397 e. The van der Waals surface area contributed by atoms with Gasteiger partial charge in [-0.15, -0.1) is 0 Å². The van der Waals surface area contributed by atoms with Crippen LogP contribution < -0.4 is 4.90 Å². The van der Waals surface area contributed by atoms with Crippen LogP contribution in [0, 0.1) is 10.1 Å². The molecule has 1 aromatic rings. The predicted octanol–water partition coefficient (Wildman–Crippen LogP) is 2.03. The molecule has 0 radical (unpaired) electrons. The molecule has 0 saturated carbocycles. The van der Waals surface area contributed by atoms with Crippen molar-refractivity contribution in [2.24, 2.45) is 0 Å². The molecule has 0 heterocycles. The molecule has 0 saturated heterocycles. The molecule has 1 N–H and O–H groups in total. The van der Waals surface area contributed by atoms with Crippen molar-refractivity contribution in [2.45, 2.75) is 12.8 Å². The molecule has 11 heteroatoms. The largest absolute Gasteiger partial charge is 0.397 e. The number of benzene rings is 1. The molecular weight excluding hydrogens is 412 g/mol. The normalized spacial score (nSPS) is 12.1. The minimum absolute atomic E-state index is 0.149. The van der Waals surface area contributed by atoms with Crippen LogP contribution in [-0.2, 0) is 14.6 Å². The minimum atomic E-state index is -4.16. The zero-order chi connectivity index (χ0) is 23.6. The zero-order valence-corrected chi connectivity index (χ0v) is 20.1. The van der Waals surface area contributed by atoms with E-state index >= 15 is 0 Å². The van der Waals surface area contributed by atoms with E-state index in [4.69, 9.17) is 4.55 Å². The maximum atomic E-state index is 10.8. The SMILES string of the molecule is COS(=O)(=O)O.C[N+](C)(C)CCCN(CCC[N+](C)(C)C)c1ccc([N+](=O)[O-])cc1. The summed E-state index contributed by atoms with van der Waals surface area (Å²) in [5.41, 5.74) is 1.22. The average molecular weight is 451 g/mol. The fourth-order valence-electron chi connectivity index (χ4n) is 2.63. The van der Waals surface area contributed by atoms with E-state index in [0.717, 1.165) is 60.8 Å². The van der Waals surface area contributed by atoms with Gasteiger partial charge in [0.15, 0.2) is 0 Å². The van der Waals surface area contributed by atoms with E-state index in [-0.39, 0.29) is 10.6 Å². The van der Waals surface area contributed by atoms with Crippen LogP contribution in [0.25, 0.3) is 0 Å². The molecule has 1 aromatic carbocycles. The third kappa shape index (κ3) is 15.1. The number of nitro groups is 1. The first-order valence-corrected chi connectivity index (χ1v) is 11.0. The van der Waals surface area contributed by atoms with Gasteiger partial charge in [0.2, 0.25) is 0 Å². The molecule has 0 unspecified atom stereocenters. The van der Waals surface area contributed by atoms with Crippen LogP contribution in [0.1, 0.15) is 12.8 Å². The van der Waals surface area contributed by atoms with Crippen molar-refractivity contribution in [1.29, 1.82) is 0 Å². The van der Waals surface area contributed by atoms with Crippen molar-refractivity contribution in [3.63, 3.8) is 0 Å². The zero-order valence-electron chi connectivity index (χ0n) is 19.2. The van der Waals surface area contributed by atoms with Crippen LogP contribution in [-0.4, -0.2) is 102 Å². The first-order valence-electron chi connectivity index (χ1n) is 9.67. The molecule has 0 aromatic heterocycles. The number of non-ortho nitro benzene ring substituents is 1. The van der Waals surface area contributed by atoms with Gasteiger partial charge in [0.1, 0.15) is 0 Å². The van der Waals surface area contributed by atoms with E-state index in [1.165, 1.54) is 0 Å². The van der Waals surface area contributed by atoms with E-state index in [0.29, 0.717) is 0 Å². The Morgan fingerprint density at radius 1 is 0.967 bits per heavy atom. The Bertz CT molecular complexity index is 720. The first kappa shape index (κ1) is 28.2. The molecule has 0 atom stereocenters. The van der Waals surface area contributed by atoms with Crippen molar-refractivity contribution in [2.75, 3.05) is 80.5 Å². The molecule has 0 aliphatic carbocycles. The van der Waals surface area contributed by atoms with Crippen LogP contribution >= 0.6 is 0 Å². The Balaban J connectivity index is 0.00000122. The van der Waals surface area contributed by atoms with Crippen LogP contribution in [0.3, 0.4) is 0 Å². The summed E-state index contributed by atoms with van der Waals surface area (Å²) in [6.45, 7) is 4.17. The smallest absolute Gasteiger partial charge is 0.371 e. The van der Waals surface area contributed by atoms with Crippen molar-refractivity contribution < 1.29 is 31.0 Å². The second kappa shape index (κ2) is 12.2. The van der Waals surface area contributed by atoms with Gasteiger partial charge in [0, 0.05) is 43.8 Å². The van der Waals surface area contributed by atoms with Gasteiger partial charge in [-0.05, 0) is 12.1 Å². The topological polar surface area (TPSA) is 110 Å². The maximum absolute atomic E-state index is 10.8. The van der Waals surface area contributed by atoms with Crippen LogP contribution in [0.4, 0.5) is 11.4 Å². The highest BCUT2D eigenvalue weighted by Crippen LogP contribution is 2.20. The van der Waals surface area contributed by atoms with Crippen molar-refractivity contribution in [3.8, 4) is 0 Å². The number of nitrogens with zero attached hydrogens (tertiary/aromatic N) is 4. The molecular formula is C19H38N4O6S+2. The molecule has 10 nitrogen and oxygen atoms in total. The number of nitro benzene ring substituents is 1. The summed E-state index contributed by atoms with van der Waals surface area (Å²) in [6, 6.07) is 6.94. The summed E-state index contributed by atoms with van der Waals surface area (Å²) in [4.78, 5) is 12.8. The predicted molar refractivity (Wildman–Crippen MR) is 119 cm³/mol. The van der Waals surface area contributed by atoms with Gasteiger partial charge in [-0.1, -0.05) is 0 Å². The number of hydrogen-bond acceptors (Lipinski definition) is 6. The summed E-state index contributed by atoms with van der Waals surface area (Å²) in [5.74, 6) is 0. The van der Waals surface area contributed by atoms with E-state index in [9.17, 15) is 18.5 Å². The molecule has 0 bridgehead atoms. The lowest BCUT2D eigenvalue weighted by atomic mass is 10.2. The van der Waals surface area contributed by atoms with Crippen LogP contribution in [0.15, 0.2) is 24.3 Å². The lowest BCUT2D eigenvalue weighted by Crippen LogP contribution is -2.39. The van der Waals surface area contributed by atoms with Gasteiger partial charge in [0.05, 0.1) is 67.4 Å². The van der Waals surface area contributed by atoms with Crippen molar-refractivity contribution in [3.05, 3.63) is 34.4 Å². The molecule has 174 valence electrons. The Hall–Kier alpha value is -1.79. The highest BCUT2D eigenvalue weighted by atomic mass is 32.3. The fraction of sp³-hybridized carbons (Fsp3) is 0.684. The van der Waals surface area contributed by atoms with Crippen LogP contribution in [0.5, 0.6) is 0 Å². The Labute approximate surface area is 180 Å². The summed E-state index contributed by atoms with van der Waals surface area (Å²) in [5, 5.41) is 10.8. The lowest BCUT2D eigenvalue weighted by molar-refractivity contribution is -0.870. The summed E-state index contributed by atoms with van der Waals surface area (Å²) in [7, 11) is 9.92. The quantitative estimate of drug-likeness (QED) is 0.238. The van der Waals surface area contributed by atoms with Crippen molar-refractivity contribution >= 4 is 21.8 Å². The molecule has 0 spiro atoms.